The van der Waals surface area contributed by atoms with E-state index in [1.165, 1.54) is 17.9 Å². The minimum absolute atomic E-state index is 1.34. The molecule has 0 saturated carbocycles. The number of rotatable bonds is 2. The van der Waals surface area contributed by atoms with Crippen LogP contribution in [0.1, 0.15) is 19.8 Å². The minimum atomic E-state index is 1.34. The molecule has 0 spiro atoms. The van der Waals surface area contributed by atoms with Gasteiger partial charge in [-0.15, -0.1) is 0 Å². The zero-order valence-electron chi connectivity index (χ0n) is 4.12. The molecule has 0 fully saturated rings. The number of unbranched alkanes of at least 4 members (excludes halogenated alkanes) is 1. The summed E-state index contributed by atoms with van der Waals surface area (Å²) in [6.45, 7) is 2.21. The second kappa shape index (κ2) is 4.60. The number of hydrogen-bond donors (Lipinski definition) is 0. The fraction of sp³-hybridized carbons (Fsp3) is 1.00. The summed E-state index contributed by atoms with van der Waals surface area (Å²) in [6, 6.07) is 0. The molecule has 0 saturated heterocycles. The van der Waals surface area contributed by atoms with Crippen molar-refractivity contribution in [3.63, 3.8) is 0 Å². The summed E-state index contributed by atoms with van der Waals surface area (Å²) in [5.41, 5.74) is 0. The quantitative estimate of drug-likeness (QED) is 0.425. The Hall–Kier alpha value is 0.597. The van der Waals surface area contributed by atoms with Crippen molar-refractivity contribution >= 4 is 17.7 Å². The summed E-state index contributed by atoms with van der Waals surface area (Å²) in [6.07, 6.45) is 2.73. The molecule has 0 amide bonds. The molecule has 0 aromatic heterocycles. The standard InChI is InChI=1S/C4H9.Li/c1-3-4-2;/h1,3-4H2,2H3;/q;-1. The van der Waals surface area contributed by atoms with Crippen LogP contribution in [-0.4, -0.2) is 17.7 Å². The van der Waals surface area contributed by atoms with Crippen LogP contribution in [0.5, 0.6) is 0 Å². The van der Waals surface area contributed by atoms with Crippen molar-refractivity contribution in [2.45, 2.75) is 24.9 Å². The van der Waals surface area contributed by atoms with Gasteiger partial charge in [0.05, 0.1) is 0 Å². The molecule has 0 atom stereocenters. The Morgan fingerprint density at radius 2 is 2.20 bits per heavy atom. The summed E-state index contributed by atoms with van der Waals surface area (Å²) in [5, 5.41) is 1.34. The molecule has 0 bridgehead atoms. The summed E-state index contributed by atoms with van der Waals surface area (Å²) in [7, 11) is 0. The van der Waals surface area contributed by atoms with Gasteiger partial charge in [-0.3, -0.25) is 0 Å². The van der Waals surface area contributed by atoms with Crippen molar-refractivity contribution in [3.8, 4) is 0 Å². The molecule has 0 aromatic carbocycles. The van der Waals surface area contributed by atoms with Crippen molar-refractivity contribution in [2.24, 2.45) is 0 Å². The van der Waals surface area contributed by atoms with Gasteiger partial charge in [0.25, 0.3) is 0 Å². The van der Waals surface area contributed by atoms with Crippen molar-refractivity contribution in [1.82, 2.24) is 0 Å². The van der Waals surface area contributed by atoms with Gasteiger partial charge in [-0.25, -0.2) is 0 Å². The second-order valence-electron chi connectivity index (χ2n) is 1.35. The molecule has 0 aliphatic carbocycles. The van der Waals surface area contributed by atoms with Crippen LogP contribution in [0.3, 0.4) is 0 Å². The van der Waals surface area contributed by atoms with E-state index < -0.39 is 0 Å². The molecule has 0 heterocycles. The maximum atomic E-state index is 2.21. The van der Waals surface area contributed by atoms with Gasteiger partial charge >= 0.3 is 42.6 Å². The van der Waals surface area contributed by atoms with E-state index in [1.807, 2.05) is 0 Å². The van der Waals surface area contributed by atoms with Crippen molar-refractivity contribution in [3.05, 3.63) is 0 Å². The molecular weight excluding hydrogens is 55.0 g/mol. The second-order valence-corrected chi connectivity index (χ2v) is 1.35. The van der Waals surface area contributed by atoms with E-state index in [9.17, 15) is 0 Å². The van der Waals surface area contributed by atoms with E-state index >= 15 is 0 Å². The van der Waals surface area contributed by atoms with Crippen LogP contribution in [0.15, 0.2) is 0 Å². The molecule has 1 radical (unpaired) electrons. The predicted octanol–water partition coefficient (Wildman–Crippen LogP) is 1.37. The van der Waals surface area contributed by atoms with Gasteiger partial charge < -0.3 is 0 Å². The first-order valence-corrected chi connectivity index (χ1v) is 2.41. The van der Waals surface area contributed by atoms with Crippen LogP contribution < -0.4 is 0 Å². The average Bonchev–Trinajstić information content (AvgIpc) is 1.41. The first-order chi connectivity index (χ1) is 2.41. The molecule has 0 rings (SSSR count). The van der Waals surface area contributed by atoms with Gasteiger partial charge in [-0.05, 0) is 0 Å². The van der Waals surface area contributed by atoms with Gasteiger partial charge in [0.1, 0.15) is 0 Å². The summed E-state index contributed by atoms with van der Waals surface area (Å²) in [5.74, 6) is 0. The van der Waals surface area contributed by atoms with Crippen molar-refractivity contribution in [1.29, 1.82) is 0 Å². The number of hydrogen-bond acceptors (Lipinski definition) is 0. The Kier molecular flexibility index (Phi) is 5.15. The van der Waals surface area contributed by atoms with Crippen LogP contribution in [0.4, 0.5) is 0 Å². The molecule has 5 heavy (non-hydrogen) atoms. The maximum absolute atomic E-state index is 2.21. The summed E-state index contributed by atoms with van der Waals surface area (Å²) in [4.78, 5) is 0. The van der Waals surface area contributed by atoms with Crippen LogP contribution in [0, 0.1) is 0 Å². The Labute approximate surface area is 43.2 Å². The third kappa shape index (κ3) is 4.60. The van der Waals surface area contributed by atoms with Gasteiger partial charge in [0, 0.05) is 0 Å². The van der Waals surface area contributed by atoms with Gasteiger partial charge in [0.2, 0.25) is 0 Å². The molecule has 27 valence electrons. The van der Waals surface area contributed by atoms with E-state index in [4.69, 9.17) is 0 Å². The summed E-state index contributed by atoms with van der Waals surface area (Å²) < 4.78 is 0. The SMILES string of the molecule is [Li-][CH2]CCC. The van der Waals surface area contributed by atoms with E-state index in [-0.39, 0.29) is 0 Å². The summed E-state index contributed by atoms with van der Waals surface area (Å²) >= 11 is 2.21. The van der Waals surface area contributed by atoms with Gasteiger partial charge in [-0.2, -0.15) is 0 Å². The van der Waals surface area contributed by atoms with Crippen molar-refractivity contribution in [2.75, 3.05) is 0 Å². The molecular formula is C4H9Li-. The first-order valence-electron chi connectivity index (χ1n) is 2.41. The van der Waals surface area contributed by atoms with Crippen LogP contribution >= 0.6 is 0 Å². The average molecular weight is 64.1 g/mol. The van der Waals surface area contributed by atoms with E-state index in [1.54, 1.807) is 0 Å². The van der Waals surface area contributed by atoms with Crippen LogP contribution in [0.25, 0.3) is 0 Å². The molecule has 0 aliphatic rings. The van der Waals surface area contributed by atoms with Crippen LogP contribution in [-0.2, 0) is 0 Å². The zero-order chi connectivity index (χ0) is 4.12. The zero-order valence-corrected chi connectivity index (χ0v) is 4.12. The third-order valence-electron chi connectivity index (χ3n) is 0.707. The molecule has 1 heteroatoms. The topological polar surface area (TPSA) is 0 Å². The Morgan fingerprint density at radius 1 is 1.60 bits per heavy atom. The van der Waals surface area contributed by atoms with E-state index in [2.05, 4.69) is 24.6 Å². The molecule has 0 aromatic rings. The van der Waals surface area contributed by atoms with E-state index in [0.717, 1.165) is 0 Å². The normalized spacial score (nSPS) is 8.00. The molecule has 0 N–H and O–H groups in total. The fourth-order valence-electron chi connectivity index (χ4n) is 0.354. The Morgan fingerprint density at radius 3 is 2.20 bits per heavy atom. The molecule has 0 nitrogen and oxygen atoms in total. The fourth-order valence-corrected chi connectivity index (χ4v) is 0.354. The monoisotopic (exact) mass is 64.1 g/mol. The first kappa shape index (κ1) is 5.60. The van der Waals surface area contributed by atoms with Gasteiger partial charge in [0.15, 0.2) is 0 Å². The van der Waals surface area contributed by atoms with E-state index in [0.29, 0.717) is 0 Å². The Balaban J connectivity index is 2.19. The molecule has 0 aliphatic heterocycles. The molecule has 0 unspecified atom stereocenters. The Bertz CT molecular complexity index is 11.1. The van der Waals surface area contributed by atoms with Crippen LogP contribution in [0.2, 0.25) is 5.09 Å². The third-order valence-corrected chi connectivity index (χ3v) is 0.707. The van der Waals surface area contributed by atoms with Gasteiger partial charge in [-0.1, -0.05) is 0 Å². The predicted molar refractivity (Wildman–Crippen MR) is 25.5 cm³/mol. The van der Waals surface area contributed by atoms with Crippen molar-refractivity contribution < 1.29 is 0 Å².